The van der Waals surface area contributed by atoms with Crippen LogP contribution in [0.4, 0.5) is 0 Å². The van der Waals surface area contributed by atoms with E-state index in [1.807, 2.05) is 37.3 Å². The van der Waals surface area contributed by atoms with E-state index in [0.717, 1.165) is 18.4 Å². The van der Waals surface area contributed by atoms with Crippen molar-refractivity contribution in [1.29, 1.82) is 0 Å². The van der Waals surface area contributed by atoms with Crippen LogP contribution in [-0.4, -0.2) is 18.2 Å². The van der Waals surface area contributed by atoms with Gasteiger partial charge in [0.2, 0.25) is 5.75 Å². The van der Waals surface area contributed by atoms with Crippen LogP contribution < -0.4 is 14.9 Å². The number of rotatable bonds is 7. The molecule has 0 unspecified atom stereocenters. The fraction of sp³-hybridized carbons (Fsp3) is 0.273. The van der Waals surface area contributed by atoms with Crippen LogP contribution >= 0.6 is 0 Å². The van der Waals surface area contributed by atoms with Crippen molar-refractivity contribution in [1.82, 2.24) is 0 Å². The number of fused-ring (bicyclic) bond motifs is 1. The average Bonchev–Trinajstić information content (AvgIpc) is 2.68. The molecular weight excluding hydrogens is 360 g/mol. The maximum atomic E-state index is 12.6. The Morgan fingerprint density at radius 1 is 1.14 bits per heavy atom. The van der Waals surface area contributed by atoms with Gasteiger partial charge in [0.25, 0.3) is 0 Å². The molecule has 2 aromatic carbocycles. The van der Waals surface area contributed by atoms with Crippen molar-refractivity contribution in [2.24, 2.45) is 0 Å². The van der Waals surface area contributed by atoms with Gasteiger partial charge in [0.05, 0.1) is 7.11 Å². The Morgan fingerprint density at radius 2 is 1.89 bits per heavy atom. The summed E-state index contributed by atoms with van der Waals surface area (Å²) in [7, 11) is 1.33. The van der Waals surface area contributed by atoms with Crippen molar-refractivity contribution in [3.8, 4) is 28.6 Å². The van der Waals surface area contributed by atoms with Gasteiger partial charge in [-0.3, -0.25) is 9.59 Å². The molecule has 0 aliphatic carbocycles. The van der Waals surface area contributed by atoms with Crippen LogP contribution in [-0.2, 0) is 4.79 Å². The Kier molecular flexibility index (Phi) is 5.99. The molecule has 6 nitrogen and oxygen atoms in total. The quantitative estimate of drug-likeness (QED) is 0.363. The molecule has 3 rings (SSSR count). The molecule has 0 spiro atoms. The van der Waals surface area contributed by atoms with E-state index in [-0.39, 0.29) is 28.9 Å². The molecule has 6 heteroatoms. The number of unbranched alkanes of at least 4 members (excludes halogenated alkanes) is 2. The number of phenols is 1. The molecule has 1 aromatic heterocycles. The van der Waals surface area contributed by atoms with Crippen LogP contribution in [0, 0.1) is 0 Å². The number of hydrogen-bond acceptors (Lipinski definition) is 6. The Labute approximate surface area is 162 Å². The second-order valence-corrected chi connectivity index (χ2v) is 6.40. The Hall–Kier alpha value is -3.28. The highest BCUT2D eigenvalue weighted by Gasteiger charge is 2.21. The van der Waals surface area contributed by atoms with Gasteiger partial charge in [0.1, 0.15) is 16.7 Å². The molecule has 0 aliphatic rings. The summed E-state index contributed by atoms with van der Waals surface area (Å²) >= 11 is 0. The molecule has 0 fully saturated rings. The lowest BCUT2D eigenvalue weighted by atomic mass is 10.1. The number of benzene rings is 2. The number of methoxy groups -OCH3 is 1. The smallest absolute Gasteiger partial charge is 0.311 e. The lowest BCUT2D eigenvalue weighted by Gasteiger charge is -2.13. The van der Waals surface area contributed by atoms with Crippen LogP contribution in [0.1, 0.15) is 32.6 Å². The highest BCUT2D eigenvalue weighted by atomic mass is 16.6. The van der Waals surface area contributed by atoms with Crippen LogP contribution in [0.2, 0.25) is 0 Å². The van der Waals surface area contributed by atoms with Gasteiger partial charge in [-0.2, -0.15) is 0 Å². The zero-order valence-corrected chi connectivity index (χ0v) is 15.9. The second-order valence-electron chi connectivity index (χ2n) is 6.40. The van der Waals surface area contributed by atoms with Crippen LogP contribution in [0.25, 0.3) is 22.3 Å². The number of phenolic OH excluding ortho intramolecular Hbond substituents is 1. The summed E-state index contributed by atoms with van der Waals surface area (Å²) in [6, 6.07) is 11.8. The van der Waals surface area contributed by atoms with E-state index in [1.54, 1.807) is 0 Å². The summed E-state index contributed by atoms with van der Waals surface area (Å²) in [5, 5.41) is 10.5. The molecule has 0 aliphatic heterocycles. The lowest BCUT2D eigenvalue weighted by molar-refractivity contribution is -0.134. The molecule has 0 saturated heterocycles. The monoisotopic (exact) mass is 382 g/mol. The van der Waals surface area contributed by atoms with Gasteiger partial charge in [-0.1, -0.05) is 50.1 Å². The minimum atomic E-state index is -0.438. The molecular formula is C22H22O6. The van der Waals surface area contributed by atoms with Crippen molar-refractivity contribution in [2.45, 2.75) is 32.6 Å². The van der Waals surface area contributed by atoms with Crippen molar-refractivity contribution >= 4 is 16.9 Å². The molecule has 0 radical (unpaired) electrons. The molecule has 146 valence electrons. The number of ether oxygens (including phenoxy) is 2. The molecule has 0 bridgehead atoms. The number of aromatic hydroxyl groups is 1. The highest BCUT2D eigenvalue weighted by Crippen LogP contribution is 2.42. The van der Waals surface area contributed by atoms with Gasteiger partial charge in [0.15, 0.2) is 16.9 Å². The maximum Gasteiger partial charge on any atom is 0.311 e. The Morgan fingerprint density at radius 3 is 2.57 bits per heavy atom. The second kappa shape index (κ2) is 8.61. The SMILES string of the molecule is CCCCCC(=O)Oc1cc2oc(-c3ccccc3)cc(=O)c2c(O)c1OC. The largest absolute Gasteiger partial charge is 0.504 e. The topological polar surface area (TPSA) is 86.0 Å². The van der Waals surface area contributed by atoms with Gasteiger partial charge in [-0.25, -0.2) is 0 Å². The third-order valence-electron chi connectivity index (χ3n) is 4.38. The molecule has 0 atom stereocenters. The maximum absolute atomic E-state index is 12.6. The van der Waals surface area contributed by atoms with Crippen LogP contribution in [0.3, 0.4) is 0 Å². The number of esters is 1. The molecule has 0 amide bonds. The standard InChI is InChI=1S/C22H22O6/c1-3-4-6-11-19(24)28-18-13-17-20(21(25)22(18)26-2)15(23)12-16(27-17)14-9-7-5-8-10-14/h5,7-10,12-13,25H,3-4,6,11H2,1-2H3. The third kappa shape index (κ3) is 4.01. The minimum absolute atomic E-state index is 0.0161. The summed E-state index contributed by atoms with van der Waals surface area (Å²) in [5.41, 5.74) is 0.410. The van der Waals surface area contributed by atoms with E-state index in [2.05, 4.69) is 0 Å². The van der Waals surface area contributed by atoms with Crippen molar-refractivity contribution < 1.29 is 23.8 Å². The first-order chi connectivity index (χ1) is 13.5. The minimum Gasteiger partial charge on any atom is -0.504 e. The molecule has 28 heavy (non-hydrogen) atoms. The van der Waals surface area contributed by atoms with E-state index < -0.39 is 17.1 Å². The van der Waals surface area contributed by atoms with Crippen molar-refractivity contribution in [2.75, 3.05) is 7.11 Å². The van der Waals surface area contributed by atoms with Gasteiger partial charge >= 0.3 is 5.97 Å². The third-order valence-corrected chi connectivity index (χ3v) is 4.38. The van der Waals surface area contributed by atoms with Gasteiger partial charge in [-0.05, 0) is 6.42 Å². The van der Waals surface area contributed by atoms with Gasteiger partial charge in [0, 0.05) is 24.1 Å². The molecule has 3 aromatic rings. The predicted octanol–water partition coefficient (Wildman–Crippen LogP) is 4.66. The Bertz CT molecular complexity index is 1040. The van der Waals surface area contributed by atoms with Gasteiger partial charge in [-0.15, -0.1) is 0 Å². The fourth-order valence-electron chi connectivity index (χ4n) is 2.97. The molecule has 1 N–H and O–H groups in total. The van der Waals surface area contributed by atoms with E-state index in [1.165, 1.54) is 19.2 Å². The summed E-state index contributed by atoms with van der Waals surface area (Å²) in [6.07, 6.45) is 2.87. The first-order valence-electron chi connectivity index (χ1n) is 9.19. The normalized spacial score (nSPS) is 10.8. The van der Waals surface area contributed by atoms with E-state index >= 15 is 0 Å². The lowest BCUT2D eigenvalue weighted by Crippen LogP contribution is -2.09. The van der Waals surface area contributed by atoms with E-state index in [0.29, 0.717) is 12.2 Å². The first kappa shape index (κ1) is 19.5. The number of carbonyl (C=O) groups excluding carboxylic acids is 1. The predicted molar refractivity (Wildman–Crippen MR) is 106 cm³/mol. The van der Waals surface area contributed by atoms with Crippen molar-refractivity contribution in [3.63, 3.8) is 0 Å². The fourth-order valence-corrected chi connectivity index (χ4v) is 2.97. The molecule has 1 heterocycles. The van der Waals surface area contributed by atoms with E-state index in [4.69, 9.17) is 13.9 Å². The molecule has 0 saturated carbocycles. The number of carbonyl (C=O) groups is 1. The Balaban J connectivity index is 2.06. The first-order valence-corrected chi connectivity index (χ1v) is 9.19. The summed E-state index contributed by atoms with van der Waals surface area (Å²) in [6.45, 7) is 2.04. The highest BCUT2D eigenvalue weighted by molar-refractivity contribution is 5.90. The van der Waals surface area contributed by atoms with E-state index in [9.17, 15) is 14.7 Å². The number of hydrogen-bond donors (Lipinski definition) is 1. The van der Waals surface area contributed by atoms with Gasteiger partial charge < -0.3 is 19.0 Å². The van der Waals surface area contributed by atoms with Crippen LogP contribution in [0.5, 0.6) is 17.2 Å². The zero-order valence-electron chi connectivity index (χ0n) is 15.9. The summed E-state index contributed by atoms with van der Waals surface area (Å²) in [4.78, 5) is 24.7. The summed E-state index contributed by atoms with van der Waals surface area (Å²) < 4.78 is 16.4. The zero-order chi connectivity index (χ0) is 20.1. The van der Waals surface area contributed by atoms with Crippen molar-refractivity contribution in [3.05, 3.63) is 52.7 Å². The van der Waals surface area contributed by atoms with Crippen LogP contribution in [0.15, 0.2) is 51.7 Å². The average molecular weight is 382 g/mol. The summed E-state index contributed by atoms with van der Waals surface area (Å²) in [5.74, 6) is -0.557.